The number of benzene rings is 3. The van der Waals surface area contributed by atoms with Gasteiger partial charge in [0.25, 0.3) is 0 Å². The lowest BCUT2D eigenvalue weighted by atomic mass is 9.80. The van der Waals surface area contributed by atoms with Crippen LogP contribution in [0, 0.1) is 31.3 Å². The molecule has 1 amide bonds. The summed E-state index contributed by atoms with van der Waals surface area (Å²) in [4.78, 5) is 26.5. The third kappa shape index (κ3) is 5.30. The fraction of sp³-hybridized carbons (Fsp3) is 0.207. The van der Waals surface area contributed by atoms with Gasteiger partial charge in [0, 0.05) is 45.2 Å². The summed E-state index contributed by atoms with van der Waals surface area (Å²) in [5, 5.41) is 7.21. The minimum absolute atomic E-state index is 0.0441. The van der Waals surface area contributed by atoms with E-state index in [1.807, 2.05) is 0 Å². The van der Waals surface area contributed by atoms with Gasteiger partial charge < -0.3 is 9.64 Å². The van der Waals surface area contributed by atoms with Crippen LogP contribution in [0.5, 0.6) is 6.01 Å². The molecule has 208 valence electrons. The van der Waals surface area contributed by atoms with Gasteiger partial charge in [0.15, 0.2) is 0 Å². The van der Waals surface area contributed by atoms with Gasteiger partial charge in [0.2, 0.25) is 12.1 Å². The predicted octanol–water partition coefficient (Wildman–Crippen LogP) is 5.61. The normalized spacial score (nSPS) is 17.3. The number of fused-ring (bicyclic) bond motifs is 1. The quantitative estimate of drug-likeness (QED) is 0.180. The molecule has 1 aliphatic rings. The fourth-order valence-electron chi connectivity index (χ4n) is 5.05. The second kappa shape index (κ2) is 11.3. The molecule has 5 rings (SSSR count). The van der Waals surface area contributed by atoms with E-state index in [9.17, 15) is 23.5 Å². The summed E-state index contributed by atoms with van der Waals surface area (Å²) in [5.41, 5.74) is 10.2. The Morgan fingerprint density at radius 3 is 2.32 bits per heavy atom. The van der Waals surface area contributed by atoms with E-state index in [0.29, 0.717) is 34.6 Å². The molecule has 1 aliphatic heterocycles. The highest BCUT2D eigenvalue weighted by Crippen LogP contribution is 2.43. The van der Waals surface area contributed by atoms with Crippen LogP contribution >= 0.6 is 0 Å². The van der Waals surface area contributed by atoms with Crippen LogP contribution in [0.25, 0.3) is 10.4 Å². The highest BCUT2D eigenvalue weighted by atomic mass is 19.1. The number of nitrogens with one attached hydrogen (secondary N) is 1. The van der Waals surface area contributed by atoms with E-state index in [2.05, 4.69) is 25.3 Å². The molecule has 0 bridgehead atoms. The SMILES string of the molecule is Cc1cc(C)nc(O[C@@H](N=[N+]=[N-])[C@@]2(c3ccccc3)NCC(=O)N(Cc3c(F)cc(F)cc3F)c3ccccc32)n1. The molecule has 0 unspecified atom stereocenters. The highest BCUT2D eigenvalue weighted by Gasteiger charge is 2.48. The minimum atomic E-state index is -1.49. The van der Waals surface area contributed by atoms with E-state index in [1.54, 1.807) is 74.5 Å². The zero-order chi connectivity index (χ0) is 29.1. The third-order valence-corrected chi connectivity index (χ3v) is 6.80. The highest BCUT2D eigenvalue weighted by molar-refractivity contribution is 5.97. The number of hydrogen-bond donors (Lipinski definition) is 1. The average Bonchev–Trinajstić information content (AvgIpc) is 3.05. The van der Waals surface area contributed by atoms with Gasteiger partial charge in [-0.15, -0.1) is 0 Å². The van der Waals surface area contributed by atoms with Crippen molar-refractivity contribution in [3.63, 3.8) is 0 Å². The summed E-state index contributed by atoms with van der Waals surface area (Å²) in [5.74, 6) is -3.86. The number of para-hydroxylation sites is 1. The maximum Gasteiger partial charge on any atom is 0.317 e. The number of aromatic nitrogens is 2. The van der Waals surface area contributed by atoms with Gasteiger partial charge in [-0.1, -0.05) is 48.5 Å². The molecule has 1 N–H and O–H groups in total. The summed E-state index contributed by atoms with van der Waals surface area (Å²) in [6.07, 6.45) is -1.37. The van der Waals surface area contributed by atoms with E-state index in [4.69, 9.17) is 4.74 Å². The van der Waals surface area contributed by atoms with Crippen molar-refractivity contribution in [2.45, 2.75) is 32.2 Å². The lowest BCUT2D eigenvalue weighted by Crippen LogP contribution is -2.54. The molecule has 9 nitrogen and oxygen atoms in total. The number of halogens is 3. The lowest BCUT2D eigenvalue weighted by molar-refractivity contribution is -0.118. The van der Waals surface area contributed by atoms with Gasteiger partial charge in [-0.05, 0) is 42.2 Å². The van der Waals surface area contributed by atoms with Crippen molar-refractivity contribution in [3.05, 3.63) is 129 Å². The first-order valence-electron chi connectivity index (χ1n) is 12.6. The van der Waals surface area contributed by atoms with E-state index in [-0.39, 0.29) is 18.2 Å². The Hall–Kier alpha value is -4.93. The molecular formula is C29H24F3N7O2. The molecule has 1 aromatic heterocycles. The Bertz CT molecular complexity index is 1620. The van der Waals surface area contributed by atoms with Crippen LogP contribution in [0.1, 0.15) is 28.1 Å². The number of ether oxygens (including phenoxy) is 1. The second-order valence-electron chi connectivity index (χ2n) is 9.48. The maximum atomic E-state index is 14.7. The number of hydrogen-bond acceptors (Lipinski definition) is 6. The number of nitrogens with zero attached hydrogens (tertiary/aromatic N) is 6. The third-order valence-electron chi connectivity index (χ3n) is 6.80. The van der Waals surface area contributed by atoms with Crippen LogP contribution in [0.4, 0.5) is 18.9 Å². The molecule has 12 heteroatoms. The molecule has 2 heterocycles. The smallest absolute Gasteiger partial charge is 0.317 e. The number of azide groups is 1. The van der Waals surface area contributed by atoms with Gasteiger partial charge in [-0.3, -0.25) is 10.1 Å². The Morgan fingerprint density at radius 1 is 1.02 bits per heavy atom. The number of carbonyl (C=O) groups is 1. The molecule has 0 saturated carbocycles. The van der Waals surface area contributed by atoms with Crippen molar-refractivity contribution in [1.82, 2.24) is 15.3 Å². The zero-order valence-electron chi connectivity index (χ0n) is 22.1. The molecule has 3 aromatic carbocycles. The van der Waals surface area contributed by atoms with Crippen LogP contribution in [0.2, 0.25) is 0 Å². The number of amides is 1. The maximum absolute atomic E-state index is 14.7. The first kappa shape index (κ1) is 27.6. The summed E-state index contributed by atoms with van der Waals surface area (Å²) in [7, 11) is 0. The first-order valence-corrected chi connectivity index (χ1v) is 12.6. The van der Waals surface area contributed by atoms with E-state index >= 15 is 0 Å². The Balaban J connectivity index is 1.72. The van der Waals surface area contributed by atoms with Gasteiger partial charge in [0.05, 0.1) is 13.1 Å². The number of aryl methyl sites for hydroxylation is 2. The molecule has 2 atom stereocenters. The average molecular weight is 560 g/mol. The summed E-state index contributed by atoms with van der Waals surface area (Å²) >= 11 is 0. The van der Waals surface area contributed by atoms with Crippen LogP contribution in [0.3, 0.4) is 0 Å². The fourth-order valence-corrected chi connectivity index (χ4v) is 5.05. The molecule has 0 spiro atoms. The molecular weight excluding hydrogens is 535 g/mol. The van der Waals surface area contributed by atoms with Crippen molar-refractivity contribution in [2.75, 3.05) is 11.4 Å². The number of carbonyl (C=O) groups excluding carboxylic acids is 1. The minimum Gasteiger partial charge on any atom is -0.451 e. The predicted molar refractivity (Wildman–Crippen MR) is 144 cm³/mol. The summed E-state index contributed by atoms with van der Waals surface area (Å²) in [6, 6.07) is 18.4. The van der Waals surface area contributed by atoms with Crippen LogP contribution in [0.15, 0.2) is 77.9 Å². The van der Waals surface area contributed by atoms with E-state index in [1.165, 1.54) is 4.90 Å². The molecule has 0 aliphatic carbocycles. The Kier molecular flexibility index (Phi) is 7.60. The largest absolute Gasteiger partial charge is 0.451 e. The molecule has 0 fully saturated rings. The van der Waals surface area contributed by atoms with Crippen molar-refractivity contribution < 1.29 is 22.7 Å². The number of rotatable bonds is 7. The standard InChI is InChI=1S/C29H24F3N7O2/c1-17-12-18(2)36-28(35-17)41-27(37-38-33)29(19-8-4-3-5-9-19)22-10-6-7-11-25(22)39(26(40)15-34-29)16-21-23(31)13-20(30)14-24(21)32/h3-14,27,34H,15-16H2,1-2H3/t27-,29+/m1/s1. The second-order valence-corrected chi connectivity index (χ2v) is 9.48. The Labute approximate surface area is 233 Å². The number of anilines is 1. The lowest BCUT2D eigenvalue weighted by Gasteiger charge is -2.39. The van der Waals surface area contributed by atoms with Gasteiger partial charge >= 0.3 is 6.01 Å². The summed E-state index contributed by atoms with van der Waals surface area (Å²) in [6.45, 7) is 2.66. The van der Waals surface area contributed by atoms with Gasteiger partial charge in [-0.2, -0.15) is 0 Å². The van der Waals surface area contributed by atoms with Crippen molar-refractivity contribution >= 4 is 11.6 Å². The van der Waals surface area contributed by atoms with Crippen LogP contribution in [-0.2, 0) is 16.9 Å². The van der Waals surface area contributed by atoms with Crippen molar-refractivity contribution in [1.29, 1.82) is 0 Å². The summed E-state index contributed by atoms with van der Waals surface area (Å²) < 4.78 is 49.2. The van der Waals surface area contributed by atoms with Crippen molar-refractivity contribution in [2.24, 2.45) is 5.11 Å². The molecule has 0 saturated heterocycles. The van der Waals surface area contributed by atoms with Crippen LogP contribution < -0.4 is 15.0 Å². The first-order chi connectivity index (χ1) is 19.7. The van der Waals surface area contributed by atoms with Crippen LogP contribution in [-0.4, -0.2) is 28.6 Å². The van der Waals surface area contributed by atoms with Gasteiger partial charge in [-0.25, -0.2) is 23.1 Å². The topological polar surface area (TPSA) is 116 Å². The molecule has 4 aromatic rings. The molecule has 41 heavy (non-hydrogen) atoms. The van der Waals surface area contributed by atoms with E-state index in [0.717, 1.165) is 0 Å². The van der Waals surface area contributed by atoms with Crippen molar-refractivity contribution in [3.8, 4) is 6.01 Å². The van der Waals surface area contributed by atoms with E-state index < -0.39 is 47.2 Å². The molecule has 0 radical (unpaired) electrons. The Morgan fingerprint density at radius 2 is 1.66 bits per heavy atom. The monoisotopic (exact) mass is 559 g/mol. The zero-order valence-corrected chi connectivity index (χ0v) is 22.1. The van der Waals surface area contributed by atoms with Gasteiger partial charge in [0.1, 0.15) is 23.0 Å².